The molecule has 0 aromatic rings. The third-order valence-electron chi connectivity index (χ3n) is 3.69. The van der Waals surface area contributed by atoms with Crippen molar-refractivity contribution < 1.29 is 9.53 Å². The molecule has 0 aromatic carbocycles. The third kappa shape index (κ3) is 1.28. The maximum Gasteiger partial charge on any atom is 0.333 e. The standard InChI is InChI=1S/C11H16O2/c1-7-8-3-5-9(7)10(6-4-8)11(12)13-2/h6-9H,3-5H2,1-2H3/t7-,8-,9-/m0/s1. The number of hydrogen-bond donors (Lipinski definition) is 0. The molecule has 0 saturated heterocycles. The fourth-order valence-electron chi connectivity index (χ4n) is 2.80. The zero-order valence-corrected chi connectivity index (χ0v) is 8.25. The molecule has 2 aliphatic carbocycles. The van der Waals surface area contributed by atoms with Crippen LogP contribution in [0.1, 0.15) is 26.2 Å². The molecule has 0 unspecified atom stereocenters. The smallest absolute Gasteiger partial charge is 0.333 e. The number of carbonyl (C=O) groups excluding carboxylic acids is 1. The highest BCUT2D eigenvalue weighted by Gasteiger charge is 2.39. The van der Waals surface area contributed by atoms with Gasteiger partial charge < -0.3 is 4.74 Å². The zero-order valence-electron chi connectivity index (χ0n) is 8.25. The van der Waals surface area contributed by atoms with Gasteiger partial charge in [-0.15, -0.1) is 0 Å². The number of hydrogen-bond acceptors (Lipinski definition) is 2. The summed E-state index contributed by atoms with van der Waals surface area (Å²) in [4.78, 5) is 11.4. The Morgan fingerprint density at radius 1 is 1.54 bits per heavy atom. The SMILES string of the molecule is COC(=O)C1=CC[C@@H]2CC[C@H]1[C@H]2C. The van der Waals surface area contributed by atoms with E-state index in [1.165, 1.54) is 20.0 Å². The second-order valence-corrected chi connectivity index (χ2v) is 4.19. The average Bonchev–Trinajstić information content (AvgIpc) is 2.41. The van der Waals surface area contributed by atoms with Crippen molar-refractivity contribution in [3.63, 3.8) is 0 Å². The van der Waals surface area contributed by atoms with Gasteiger partial charge in [0.25, 0.3) is 0 Å². The van der Waals surface area contributed by atoms with Crippen LogP contribution in [-0.4, -0.2) is 13.1 Å². The van der Waals surface area contributed by atoms with Crippen LogP contribution >= 0.6 is 0 Å². The molecule has 2 aliphatic rings. The van der Waals surface area contributed by atoms with Crippen molar-refractivity contribution in [3.8, 4) is 0 Å². The summed E-state index contributed by atoms with van der Waals surface area (Å²) < 4.78 is 4.78. The molecule has 0 amide bonds. The summed E-state index contributed by atoms with van der Waals surface area (Å²) in [5.41, 5.74) is 0.934. The number of carbonyl (C=O) groups is 1. The number of methoxy groups -OCH3 is 1. The van der Waals surface area contributed by atoms with Gasteiger partial charge in [-0.1, -0.05) is 13.0 Å². The first kappa shape index (κ1) is 8.79. The Kier molecular flexibility index (Phi) is 2.14. The van der Waals surface area contributed by atoms with Gasteiger partial charge in [-0.05, 0) is 37.0 Å². The molecule has 0 N–H and O–H groups in total. The fourth-order valence-corrected chi connectivity index (χ4v) is 2.80. The molecular weight excluding hydrogens is 164 g/mol. The van der Waals surface area contributed by atoms with Crippen molar-refractivity contribution in [3.05, 3.63) is 11.6 Å². The Hall–Kier alpha value is -0.790. The Balaban J connectivity index is 2.21. The molecule has 0 spiro atoms. The number of allylic oxidation sites excluding steroid dienone is 1. The van der Waals surface area contributed by atoms with E-state index in [9.17, 15) is 4.79 Å². The van der Waals surface area contributed by atoms with Crippen molar-refractivity contribution in [2.24, 2.45) is 17.8 Å². The van der Waals surface area contributed by atoms with E-state index in [-0.39, 0.29) is 5.97 Å². The molecule has 0 aliphatic heterocycles. The van der Waals surface area contributed by atoms with Crippen LogP contribution in [0.2, 0.25) is 0 Å². The number of rotatable bonds is 1. The van der Waals surface area contributed by atoms with Crippen molar-refractivity contribution in [2.45, 2.75) is 26.2 Å². The van der Waals surface area contributed by atoms with Gasteiger partial charge in [0, 0.05) is 5.57 Å². The van der Waals surface area contributed by atoms with Crippen molar-refractivity contribution >= 4 is 5.97 Å². The molecule has 2 heteroatoms. The predicted octanol–water partition coefficient (Wildman–Crippen LogP) is 2.15. The molecule has 2 bridgehead atoms. The lowest BCUT2D eigenvalue weighted by Gasteiger charge is -2.26. The average molecular weight is 180 g/mol. The lowest BCUT2D eigenvalue weighted by Crippen LogP contribution is -2.23. The van der Waals surface area contributed by atoms with Gasteiger partial charge in [0.2, 0.25) is 0 Å². The van der Waals surface area contributed by atoms with Crippen LogP contribution in [0.4, 0.5) is 0 Å². The first-order chi connectivity index (χ1) is 6.24. The molecule has 1 fully saturated rings. The largest absolute Gasteiger partial charge is 0.466 e. The van der Waals surface area contributed by atoms with Gasteiger partial charge >= 0.3 is 5.97 Å². The maximum atomic E-state index is 11.4. The third-order valence-corrected chi connectivity index (χ3v) is 3.69. The van der Waals surface area contributed by atoms with Gasteiger partial charge in [0.05, 0.1) is 7.11 Å². The summed E-state index contributed by atoms with van der Waals surface area (Å²) in [7, 11) is 1.47. The molecule has 0 radical (unpaired) electrons. The van der Waals surface area contributed by atoms with Gasteiger partial charge in [0.1, 0.15) is 0 Å². The molecule has 0 aromatic heterocycles. The van der Waals surface area contributed by atoms with E-state index < -0.39 is 0 Å². The predicted molar refractivity (Wildman–Crippen MR) is 50.1 cm³/mol. The van der Waals surface area contributed by atoms with Gasteiger partial charge in [-0.25, -0.2) is 4.79 Å². The van der Waals surface area contributed by atoms with Crippen LogP contribution in [0.25, 0.3) is 0 Å². The monoisotopic (exact) mass is 180 g/mol. The lowest BCUT2D eigenvalue weighted by molar-refractivity contribution is -0.137. The maximum absolute atomic E-state index is 11.4. The Bertz CT molecular complexity index is 255. The van der Waals surface area contributed by atoms with E-state index in [2.05, 4.69) is 13.0 Å². The fraction of sp³-hybridized carbons (Fsp3) is 0.727. The van der Waals surface area contributed by atoms with Gasteiger partial charge in [-0.3, -0.25) is 0 Å². The Morgan fingerprint density at radius 3 is 3.00 bits per heavy atom. The van der Waals surface area contributed by atoms with Crippen LogP contribution in [0.15, 0.2) is 11.6 Å². The summed E-state index contributed by atoms with van der Waals surface area (Å²) in [5, 5.41) is 0. The second-order valence-electron chi connectivity index (χ2n) is 4.19. The highest BCUT2D eigenvalue weighted by molar-refractivity contribution is 5.89. The molecular formula is C11H16O2. The summed E-state index contributed by atoms with van der Waals surface area (Å²) in [6, 6.07) is 0. The lowest BCUT2D eigenvalue weighted by atomic mass is 9.79. The minimum atomic E-state index is -0.114. The van der Waals surface area contributed by atoms with Crippen LogP contribution < -0.4 is 0 Å². The van der Waals surface area contributed by atoms with E-state index in [0.717, 1.165) is 17.9 Å². The van der Waals surface area contributed by atoms with Gasteiger partial charge in [-0.2, -0.15) is 0 Å². The number of fused-ring (bicyclic) bond motifs is 2. The van der Waals surface area contributed by atoms with Crippen LogP contribution in [0.5, 0.6) is 0 Å². The highest BCUT2D eigenvalue weighted by atomic mass is 16.5. The minimum absolute atomic E-state index is 0.114. The number of ether oxygens (including phenoxy) is 1. The summed E-state index contributed by atoms with van der Waals surface area (Å²) in [6.07, 6.45) is 5.62. The topological polar surface area (TPSA) is 26.3 Å². The molecule has 72 valence electrons. The summed E-state index contributed by atoms with van der Waals surface area (Å²) >= 11 is 0. The van der Waals surface area contributed by atoms with Crippen LogP contribution in [0, 0.1) is 17.8 Å². The van der Waals surface area contributed by atoms with E-state index >= 15 is 0 Å². The first-order valence-corrected chi connectivity index (χ1v) is 5.02. The Morgan fingerprint density at radius 2 is 2.31 bits per heavy atom. The van der Waals surface area contributed by atoms with Crippen LogP contribution in [0.3, 0.4) is 0 Å². The molecule has 3 atom stereocenters. The van der Waals surface area contributed by atoms with E-state index in [4.69, 9.17) is 4.74 Å². The number of esters is 1. The van der Waals surface area contributed by atoms with E-state index in [1.807, 2.05) is 0 Å². The summed E-state index contributed by atoms with van der Waals surface area (Å²) in [6.45, 7) is 2.26. The van der Waals surface area contributed by atoms with Gasteiger partial charge in [0.15, 0.2) is 0 Å². The molecule has 0 heterocycles. The van der Waals surface area contributed by atoms with Crippen molar-refractivity contribution in [1.82, 2.24) is 0 Å². The minimum Gasteiger partial charge on any atom is -0.466 e. The quantitative estimate of drug-likeness (QED) is 0.578. The molecule has 1 saturated carbocycles. The van der Waals surface area contributed by atoms with Crippen LogP contribution in [-0.2, 0) is 9.53 Å². The van der Waals surface area contributed by atoms with E-state index in [0.29, 0.717) is 11.8 Å². The van der Waals surface area contributed by atoms with Crippen molar-refractivity contribution in [2.75, 3.05) is 7.11 Å². The first-order valence-electron chi connectivity index (χ1n) is 5.02. The van der Waals surface area contributed by atoms with Crippen molar-refractivity contribution in [1.29, 1.82) is 0 Å². The highest BCUT2D eigenvalue weighted by Crippen LogP contribution is 2.46. The summed E-state index contributed by atoms with van der Waals surface area (Å²) in [5.74, 6) is 1.86. The molecule has 2 rings (SSSR count). The molecule has 13 heavy (non-hydrogen) atoms. The van der Waals surface area contributed by atoms with E-state index in [1.54, 1.807) is 0 Å². The Labute approximate surface area is 79.0 Å². The second kappa shape index (κ2) is 3.17. The normalized spacial score (nSPS) is 37.1. The molecule has 2 nitrogen and oxygen atoms in total. The zero-order chi connectivity index (χ0) is 9.42.